The van der Waals surface area contributed by atoms with Gasteiger partial charge in [-0.1, -0.05) is 18.2 Å². The van der Waals surface area contributed by atoms with Crippen molar-refractivity contribution < 1.29 is 13.9 Å². The van der Waals surface area contributed by atoms with E-state index in [-0.39, 0.29) is 0 Å². The van der Waals surface area contributed by atoms with E-state index < -0.39 is 12.5 Å². The normalized spacial score (nSPS) is 13.7. The van der Waals surface area contributed by atoms with Crippen LogP contribution < -0.4 is 0 Å². The second-order valence-electron chi connectivity index (χ2n) is 2.97. The maximum absolute atomic E-state index is 12.3. The average molecular weight is 214 g/mol. The number of alkyl halides is 2. The molecule has 0 radical (unpaired) electrons. The summed E-state index contributed by atoms with van der Waals surface area (Å²) in [6, 6.07) is 6.90. The van der Waals surface area contributed by atoms with Gasteiger partial charge in [-0.2, -0.15) is 0 Å². The van der Waals surface area contributed by atoms with Crippen LogP contribution in [0, 0.1) is 0 Å². The first kappa shape index (κ1) is 9.55. The Hall–Kier alpha value is -1.00. The molecule has 1 nitrogen and oxygen atoms in total. The molecule has 0 fully saturated rings. The largest absolute Gasteiger partial charge is 0.382 e. The molecular weight excluding hydrogens is 206 g/mol. The first-order valence-corrected chi connectivity index (χ1v) is 5.00. The van der Waals surface area contributed by atoms with Crippen molar-refractivity contribution in [2.75, 3.05) is 0 Å². The third-order valence-electron chi connectivity index (χ3n) is 2.07. The fourth-order valence-electron chi connectivity index (χ4n) is 1.38. The summed E-state index contributed by atoms with van der Waals surface area (Å²) in [5.41, 5.74) is 0.313. The number of aliphatic hydroxyl groups excluding tert-OH is 1. The Morgan fingerprint density at radius 1 is 1.21 bits per heavy atom. The molecule has 14 heavy (non-hydrogen) atoms. The van der Waals surface area contributed by atoms with Gasteiger partial charge in [-0.3, -0.25) is 0 Å². The summed E-state index contributed by atoms with van der Waals surface area (Å²) in [4.78, 5) is 0. The van der Waals surface area contributed by atoms with Crippen LogP contribution in [0.1, 0.15) is 11.7 Å². The maximum atomic E-state index is 12.3. The van der Waals surface area contributed by atoms with Crippen molar-refractivity contribution in [3.8, 4) is 0 Å². The molecular formula is C10H8F2OS. The lowest BCUT2D eigenvalue weighted by atomic mass is 10.1. The highest BCUT2D eigenvalue weighted by Crippen LogP contribution is 2.31. The predicted octanol–water partition coefficient (Wildman–Crippen LogP) is 3.20. The Kier molecular flexibility index (Phi) is 2.48. The molecule has 0 bridgehead atoms. The molecule has 0 aliphatic heterocycles. The number of thiophene rings is 1. The number of fused-ring (bicyclic) bond motifs is 1. The van der Waals surface area contributed by atoms with Gasteiger partial charge in [0.1, 0.15) is 6.10 Å². The van der Waals surface area contributed by atoms with E-state index in [0.29, 0.717) is 5.56 Å². The zero-order valence-electron chi connectivity index (χ0n) is 7.15. The molecule has 2 aromatic rings. The van der Waals surface area contributed by atoms with Gasteiger partial charge in [0.05, 0.1) is 0 Å². The van der Waals surface area contributed by atoms with Gasteiger partial charge >= 0.3 is 0 Å². The van der Waals surface area contributed by atoms with E-state index in [1.54, 1.807) is 6.07 Å². The van der Waals surface area contributed by atoms with Gasteiger partial charge in [0, 0.05) is 10.3 Å². The molecule has 1 N–H and O–H groups in total. The Labute approximate surface area is 83.6 Å². The molecule has 1 aromatic carbocycles. The summed E-state index contributed by atoms with van der Waals surface area (Å²) in [5, 5.41) is 12.0. The van der Waals surface area contributed by atoms with Crippen LogP contribution in [-0.2, 0) is 0 Å². The topological polar surface area (TPSA) is 20.2 Å². The molecule has 74 valence electrons. The first-order chi connectivity index (χ1) is 6.70. The Morgan fingerprint density at radius 3 is 2.71 bits per heavy atom. The number of benzene rings is 1. The van der Waals surface area contributed by atoms with E-state index in [1.807, 2.05) is 17.5 Å². The van der Waals surface area contributed by atoms with Crippen molar-refractivity contribution in [1.82, 2.24) is 0 Å². The number of hydrogen-bond donors (Lipinski definition) is 1. The summed E-state index contributed by atoms with van der Waals surface area (Å²) in [6.45, 7) is 0. The highest BCUT2D eigenvalue weighted by Gasteiger charge is 2.21. The van der Waals surface area contributed by atoms with Crippen LogP contribution in [0.2, 0.25) is 0 Å². The van der Waals surface area contributed by atoms with Gasteiger partial charge in [0.25, 0.3) is 6.43 Å². The van der Waals surface area contributed by atoms with Crippen LogP contribution >= 0.6 is 11.3 Å². The highest BCUT2D eigenvalue weighted by molar-refractivity contribution is 7.17. The average Bonchev–Trinajstić information content (AvgIpc) is 2.63. The number of aliphatic hydroxyl groups is 1. The lowest BCUT2D eigenvalue weighted by Crippen LogP contribution is -2.07. The van der Waals surface area contributed by atoms with Crippen molar-refractivity contribution in [2.24, 2.45) is 0 Å². The first-order valence-electron chi connectivity index (χ1n) is 4.12. The van der Waals surface area contributed by atoms with Crippen LogP contribution in [0.5, 0.6) is 0 Å². The monoisotopic (exact) mass is 214 g/mol. The van der Waals surface area contributed by atoms with Gasteiger partial charge in [0.15, 0.2) is 0 Å². The van der Waals surface area contributed by atoms with Gasteiger partial charge in [-0.05, 0) is 16.8 Å². The van der Waals surface area contributed by atoms with E-state index in [1.165, 1.54) is 17.4 Å². The van der Waals surface area contributed by atoms with Crippen molar-refractivity contribution in [3.05, 3.63) is 35.2 Å². The quantitative estimate of drug-likeness (QED) is 0.813. The lowest BCUT2D eigenvalue weighted by Gasteiger charge is -2.10. The summed E-state index contributed by atoms with van der Waals surface area (Å²) in [7, 11) is 0. The number of halogens is 2. The third kappa shape index (κ3) is 1.51. The van der Waals surface area contributed by atoms with Crippen LogP contribution in [0.4, 0.5) is 8.78 Å². The Bertz CT molecular complexity index is 438. The fraction of sp³-hybridized carbons (Fsp3) is 0.200. The second kappa shape index (κ2) is 3.63. The van der Waals surface area contributed by atoms with E-state index in [2.05, 4.69) is 0 Å². The molecule has 0 aliphatic rings. The van der Waals surface area contributed by atoms with E-state index >= 15 is 0 Å². The van der Waals surface area contributed by atoms with Crippen molar-refractivity contribution in [3.63, 3.8) is 0 Å². The highest BCUT2D eigenvalue weighted by atomic mass is 32.1. The predicted molar refractivity (Wildman–Crippen MR) is 52.8 cm³/mol. The van der Waals surface area contributed by atoms with Crippen LogP contribution in [0.15, 0.2) is 29.6 Å². The van der Waals surface area contributed by atoms with Crippen LogP contribution in [0.3, 0.4) is 0 Å². The molecule has 0 spiro atoms. The van der Waals surface area contributed by atoms with E-state index in [0.717, 1.165) is 10.1 Å². The standard InChI is InChI=1S/C10H8F2OS/c11-10(12)8(13)7-3-1-2-6-4-5-14-9(6)7/h1-5,8,10,13H. The molecule has 0 aliphatic carbocycles. The molecule has 1 atom stereocenters. The molecule has 0 saturated heterocycles. The molecule has 4 heteroatoms. The molecule has 1 aromatic heterocycles. The van der Waals surface area contributed by atoms with E-state index in [4.69, 9.17) is 0 Å². The zero-order valence-corrected chi connectivity index (χ0v) is 7.97. The number of hydrogen-bond acceptors (Lipinski definition) is 2. The smallest absolute Gasteiger partial charge is 0.268 e. The summed E-state index contributed by atoms with van der Waals surface area (Å²) < 4.78 is 25.3. The van der Waals surface area contributed by atoms with Gasteiger partial charge in [0.2, 0.25) is 0 Å². The van der Waals surface area contributed by atoms with Crippen molar-refractivity contribution >= 4 is 21.4 Å². The Morgan fingerprint density at radius 2 is 2.00 bits per heavy atom. The molecule has 1 unspecified atom stereocenters. The second-order valence-corrected chi connectivity index (χ2v) is 3.88. The Balaban J connectivity index is 2.56. The summed E-state index contributed by atoms with van der Waals surface area (Å²) in [5.74, 6) is 0. The summed E-state index contributed by atoms with van der Waals surface area (Å²) in [6.07, 6.45) is -4.42. The van der Waals surface area contributed by atoms with Gasteiger partial charge in [-0.25, -0.2) is 8.78 Å². The van der Waals surface area contributed by atoms with Crippen molar-refractivity contribution in [2.45, 2.75) is 12.5 Å². The minimum atomic E-state index is -2.73. The summed E-state index contributed by atoms with van der Waals surface area (Å²) >= 11 is 1.37. The molecule has 0 saturated carbocycles. The van der Waals surface area contributed by atoms with Gasteiger partial charge < -0.3 is 5.11 Å². The van der Waals surface area contributed by atoms with E-state index in [9.17, 15) is 13.9 Å². The van der Waals surface area contributed by atoms with Crippen molar-refractivity contribution in [1.29, 1.82) is 0 Å². The molecule has 2 rings (SSSR count). The minimum absolute atomic E-state index is 0.313. The van der Waals surface area contributed by atoms with Crippen LogP contribution in [-0.4, -0.2) is 11.5 Å². The zero-order chi connectivity index (χ0) is 10.1. The minimum Gasteiger partial charge on any atom is -0.382 e. The van der Waals surface area contributed by atoms with Gasteiger partial charge in [-0.15, -0.1) is 11.3 Å². The SMILES string of the molecule is OC(c1cccc2ccsc12)C(F)F. The number of rotatable bonds is 2. The van der Waals surface area contributed by atoms with Crippen LogP contribution in [0.25, 0.3) is 10.1 Å². The fourth-order valence-corrected chi connectivity index (χ4v) is 2.33. The lowest BCUT2D eigenvalue weighted by molar-refractivity contribution is -0.00485. The maximum Gasteiger partial charge on any atom is 0.268 e. The molecule has 0 amide bonds. The third-order valence-corrected chi connectivity index (χ3v) is 3.05. The molecule has 1 heterocycles.